The largest absolute Gasteiger partial charge is 0.478 e. The van der Waals surface area contributed by atoms with Crippen LogP contribution in [0.3, 0.4) is 0 Å². The molecule has 1 unspecified atom stereocenters. The first kappa shape index (κ1) is 13.0. The Morgan fingerprint density at radius 2 is 2.28 bits per heavy atom. The minimum absolute atomic E-state index is 0.0942. The van der Waals surface area contributed by atoms with Gasteiger partial charge < -0.3 is 9.84 Å². The van der Waals surface area contributed by atoms with Crippen LogP contribution in [0.5, 0.6) is 5.75 Å². The van der Waals surface area contributed by atoms with E-state index >= 15 is 0 Å². The Balaban J connectivity index is 2.21. The first-order chi connectivity index (χ1) is 8.61. The molecule has 1 aliphatic carbocycles. The third-order valence-corrected chi connectivity index (χ3v) is 3.67. The monoisotopic (exact) mass is 308 g/mol. The number of benzene rings is 1. The first-order valence-corrected chi connectivity index (χ1v) is 6.56. The molecule has 1 atom stereocenters. The predicted octanol–water partition coefficient (Wildman–Crippen LogP) is 3.06. The van der Waals surface area contributed by atoms with Gasteiger partial charge in [-0.3, -0.25) is 0 Å². The molecule has 2 rings (SSSR count). The van der Waals surface area contributed by atoms with Crippen LogP contribution in [0.1, 0.15) is 24.8 Å². The molecule has 1 saturated carbocycles. The van der Waals surface area contributed by atoms with E-state index in [2.05, 4.69) is 21.9 Å². The quantitative estimate of drug-likeness (QED) is 0.870. The third kappa shape index (κ3) is 2.68. The van der Waals surface area contributed by atoms with Gasteiger partial charge in [0.25, 0.3) is 0 Å². The van der Waals surface area contributed by atoms with Crippen molar-refractivity contribution in [3.8, 4) is 18.1 Å². The Hall–Kier alpha value is -1.47. The molecule has 1 N–H and O–H groups in total. The van der Waals surface area contributed by atoms with E-state index in [1.54, 1.807) is 18.2 Å². The molecule has 0 aliphatic heterocycles. The molecule has 1 aliphatic rings. The smallest absolute Gasteiger partial charge is 0.345 e. The number of hydrogen-bond acceptors (Lipinski definition) is 2. The van der Waals surface area contributed by atoms with Gasteiger partial charge in [0, 0.05) is 10.4 Å². The summed E-state index contributed by atoms with van der Waals surface area (Å²) in [6, 6.07) is 5.23. The number of aliphatic carboxylic acids is 1. The van der Waals surface area contributed by atoms with E-state index in [9.17, 15) is 9.90 Å². The van der Waals surface area contributed by atoms with E-state index in [0.29, 0.717) is 11.3 Å². The van der Waals surface area contributed by atoms with Crippen LogP contribution in [-0.4, -0.2) is 17.2 Å². The maximum absolute atomic E-state index is 11.2. The SMILES string of the molecule is C#Cc1cc(Br)ccc1OC(C(=O)O)C1CCC1. The summed E-state index contributed by atoms with van der Waals surface area (Å²) in [7, 11) is 0. The van der Waals surface area contributed by atoms with E-state index in [-0.39, 0.29) is 5.92 Å². The van der Waals surface area contributed by atoms with Crippen LogP contribution in [0, 0.1) is 18.3 Å². The number of ether oxygens (including phenoxy) is 1. The second-order valence-electron chi connectivity index (χ2n) is 4.35. The predicted molar refractivity (Wildman–Crippen MR) is 71.5 cm³/mol. The molecule has 0 aromatic heterocycles. The fourth-order valence-corrected chi connectivity index (χ4v) is 2.31. The lowest BCUT2D eigenvalue weighted by Gasteiger charge is -2.31. The van der Waals surface area contributed by atoms with Crippen molar-refractivity contribution < 1.29 is 14.6 Å². The van der Waals surface area contributed by atoms with Crippen molar-refractivity contribution in [2.75, 3.05) is 0 Å². The van der Waals surface area contributed by atoms with Crippen molar-refractivity contribution in [2.24, 2.45) is 5.92 Å². The molecule has 0 amide bonds. The van der Waals surface area contributed by atoms with Crippen LogP contribution in [0.25, 0.3) is 0 Å². The van der Waals surface area contributed by atoms with Crippen LogP contribution in [0.4, 0.5) is 0 Å². The number of hydrogen-bond donors (Lipinski definition) is 1. The maximum atomic E-state index is 11.2. The fourth-order valence-electron chi connectivity index (χ4n) is 1.95. The summed E-state index contributed by atoms with van der Waals surface area (Å²) in [6.45, 7) is 0. The van der Waals surface area contributed by atoms with Crippen LogP contribution in [-0.2, 0) is 4.79 Å². The zero-order valence-corrected chi connectivity index (χ0v) is 11.3. The molecule has 1 fully saturated rings. The van der Waals surface area contributed by atoms with Gasteiger partial charge >= 0.3 is 5.97 Å². The minimum Gasteiger partial charge on any atom is -0.478 e. The molecule has 0 radical (unpaired) electrons. The summed E-state index contributed by atoms with van der Waals surface area (Å²) in [5.74, 6) is 2.13. The maximum Gasteiger partial charge on any atom is 0.345 e. The molecular formula is C14H13BrO3. The fraction of sp³-hybridized carbons (Fsp3) is 0.357. The molecule has 1 aromatic rings. The van der Waals surface area contributed by atoms with Gasteiger partial charge in [0.15, 0.2) is 6.10 Å². The van der Waals surface area contributed by atoms with Crippen molar-refractivity contribution in [2.45, 2.75) is 25.4 Å². The highest BCUT2D eigenvalue weighted by molar-refractivity contribution is 9.10. The molecule has 1 aromatic carbocycles. The van der Waals surface area contributed by atoms with Gasteiger partial charge in [0.1, 0.15) is 5.75 Å². The van der Waals surface area contributed by atoms with E-state index in [1.807, 2.05) is 0 Å². The van der Waals surface area contributed by atoms with Gasteiger partial charge in [0.2, 0.25) is 0 Å². The normalized spacial score (nSPS) is 16.4. The van der Waals surface area contributed by atoms with E-state index in [4.69, 9.17) is 11.2 Å². The number of halogens is 1. The Morgan fingerprint density at radius 1 is 1.56 bits per heavy atom. The van der Waals surface area contributed by atoms with E-state index in [1.165, 1.54) is 0 Å². The van der Waals surface area contributed by atoms with Gasteiger partial charge in [-0.2, -0.15) is 0 Å². The van der Waals surface area contributed by atoms with Crippen molar-refractivity contribution in [1.82, 2.24) is 0 Å². The van der Waals surface area contributed by atoms with Gasteiger partial charge in [-0.05, 0) is 31.0 Å². The van der Waals surface area contributed by atoms with Gasteiger partial charge in [0.05, 0.1) is 5.56 Å². The zero-order chi connectivity index (χ0) is 13.1. The topological polar surface area (TPSA) is 46.5 Å². The summed E-state index contributed by atoms with van der Waals surface area (Å²) in [5.41, 5.74) is 0.565. The zero-order valence-electron chi connectivity index (χ0n) is 9.73. The third-order valence-electron chi connectivity index (χ3n) is 3.17. The standard InChI is InChI=1S/C14H13BrO3/c1-2-9-8-11(15)6-7-12(9)18-13(14(16)17)10-4-3-5-10/h1,6-8,10,13H,3-5H2,(H,16,17). The molecular weight excluding hydrogens is 296 g/mol. The van der Waals surface area contributed by atoms with Crippen molar-refractivity contribution in [3.63, 3.8) is 0 Å². The Bertz CT molecular complexity index is 500. The molecule has 0 heterocycles. The summed E-state index contributed by atoms with van der Waals surface area (Å²) < 4.78 is 6.44. The highest BCUT2D eigenvalue weighted by atomic mass is 79.9. The number of carboxylic acids is 1. The summed E-state index contributed by atoms with van der Waals surface area (Å²) in [4.78, 5) is 11.2. The number of carboxylic acid groups (broad SMARTS) is 1. The van der Waals surface area contributed by atoms with Crippen LogP contribution in [0.2, 0.25) is 0 Å². The lowest BCUT2D eigenvalue weighted by molar-refractivity contribution is -0.149. The molecule has 94 valence electrons. The van der Waals surface area contributed by atoms with Crippen LogP contribution < -0.4 is 4.74 Å². The summed E-state index contributed by atoms with van der Waals surface area (Å²) in [6.07, 6.45) is 7.47. The highest BCUT2D eigenvalue weighted by Gasteiger charge is 2.34. The van der Waals surface area contributed by atoms with Crippen LogP contribution >= 0.6 is 15.9 Å². The summed E-state index contributed by atoms with van der Waals surface area (Å²) in [5, 5.41) is 9.20. The first-order valence-electron chi connectivity index (χ1n) is 5.77. The molecule has 0 saturated heterocycles. The molecule has 4 heteroatoms. The lowest BCUT2D eigenvalue weighted by Crippen LogP contribution is -2.38. The van der Waals surface area contributed by atoms with E-state index in [0.717, 1.165) is 23.7 Å². The Labute approximate surface area is 114 Å². The lowest BCUT2D eigenvalue weighted by atomic mass is 9.81. The second-order valence-corrected chi connectivity index (χ2v) is 5.27. The van der Waals surface area contributed by atoms with Crippen molar-refractivity contribution in [3.05, 3.63) is 28.2 Å². The number of rotatable bonds is 4. The van der Waals surface area contributed by atoms with Gasteiger partial charge in [-0.1, -0.05) is 28.3 Å². The molecule has 18 heavy (non-hydrogen) atoms. The van der Waals surface area contributed by atoms with Crippen molar-refractivity contribution in [1.29, 1.82) is 0 Å². The average Bonchev–Trinajstić information content (AvgIpc) is 2.27. The van der Waals surface area contributed by atoms with Crippen LogP contribution in [0.15, 0.2) is 22.7 Å². The molecule has 0 spiro atoms. The average molecular weight is 309 g/mol. The molecule has 3 nitrogen and oxygen atoms in total. The van der Waals surface area contributed by atoms with Gasteiger partial charge in [-0.25, -0.2) is 4.79 Å². The number of terminal acetylenes is 1. The number of carbonyl (C=O) groups is 1. The Morgan fingerprint density at radius 3 is 2.78 bits per heavy atom. The second kappa shape index (κ2) is 5.45. The van der Waals surface area contributed by atoms with Crippen molar-refractivity contribution >= 4 is 21.9 Å². The minimum atomic E-state index is -0.925. The Kier molecular flexibility index (Phi) is 3.93. The summed E-state index contributed by atoms with van der Waals surface area (Å²) >= 11 is 3.32. The van der Waals surface area contributed by atoms with E-state index < -0.39 is 12.1 Å². The van der Waals surface area contributed by atoms with Gasteiger partial charge in [-0.15, -0.1) is 6.42 Å². The molecule has 0 bridgehead atoms. The highest BCUT2D eigenvalue weighted by Crippen LogP contribution is 2.33.